The van der Waals surface area contributed by atoms with E-state index in [0.717, 1.165) is 0 Å². The number of hydrogen-bond donors (Lipinski definition) is 2. The van der Waals surface area contributed by atoms with E-state index >= 15 is 0 Å². The monoisotopic (exact) mass is 263 g/mol. The summed E-state index contributed by atoms with van der Waals surface area (Å²) in [5, 5.41) is 12.0. The summed E-state index contributed by atoms with van der Waals surface area (Å²) < 4.78 is 5.43. The molecule has 0 spiro atoms. The van der Waals surface area contributed by atoms with Crippen molar-refractivity contribution in [3.8, 4) is 5.75 Å². The molecule has 0 aliphatic carbocycles. The number of para-hydroxylation sites is 2. The zero-order valence-electron chi connectivity index (χ0n) is 10.5. The number of carboxylic acid groups (broad SMARTS) is 1. The van der Waals surface area contributed by atoms with Crippen LogP contribution in [-0.2, 0) is 9.59 Å². The first kappa shape index (κ1) is 14.8. The molecule has 0 aliphatic rings. The first-order valence-corrected chi connectivity index (χ1v) is 5.94. The normalized spacial score (nSPS) is 11.4. The molecule has 2 N–H and O–H groups in total. The van der Waals surface area contributed by atoms with Gasteiger partial charge in [0.2, 0.25) is 0 Å². The Bertz CT molecular complexity index is 445. The third-order valence-electron chi connectivity index (χ3n) is 2.44. The zero-order valence-corrected chi connectivity index (χ0v) is 10.5. The molecular formula is C14H17NO4. The van der Waals surface area contributed by atoms with Gasteiger partial charge in [-0.25, -0.2) is 4.79 Å². The van der Waals surface area contributed by atoms with Crippen LogP contribution in [0.2, 0.25) is 0 Å². The Hall–Kier alpha value is -2.30. The van der Waals surface area contributed by atoms with Gasteiger partial charge in [0.15, 0.2) is 0 Å². The van der Waals surface area contributed by atoms with Crippen molar-refractivity contribution in [3.05, 3.63) is 36.9 Å². The Labute approximate surface area is 111 Å². The molecular weight excluding hydrogens is 246 g/mol. The Balaban J connectivity index is 2.79. The predicted molar refractivity (Wildman–Crippen MR) is 72.5 cm³/mol. The third kappa shape index (κ3) is 4.83. The molecule has 0 saturated carbocycles. The number of ether oxygens (including phenoxy) is 1. The molecule has 0 fully saturated rings. The van der Waals surface area contributed by atoms with Gasteiger partial charge in [-0.1, -0.05) is 24.8 Å². The van der Waals surface area contributed by atoms with Gasteiger partial charge in [-0.3, -0.25) is 0 Å². The molecule has 0 saturated heterocycles. The number of hydrogen-bond acceptors (Lipinski definition) is 4. The van der Waals surface area contributed by atoms with Gasteiger partial charge in [-0.05, 0) is 18.6 Å². The van der Waals surface area contributed by atoms with Crippen LogP contribution in [0.5, 0.6) is 5.75 Å². The fourth-order valence-corrected chi connectivity index (χ4v) is 1.54. The van der Waals surface area contributed by atoms with Gasteiger partial charge in [0.25, 0.3) is 0 Å². The fourth-order valence-electron chi connectivity index (χ4n) is 1.54. The van der Waals surface area contributed by atoms with Gasteiger partial charge in [0.05, 0.1) is 5.69 Å². The average molecular weight is 263 g/mol. The fraction of sp³-hybridized carbons (Fsp3) is 0.286. The molecule has 19 heavy (non-hydrogen) atoms. The number of anilines is 1. The van der Waals surface area contributed by atoms with Crippen LogP contribution in [0.4, 0.5) is 5.69 Å². The van der Waals surface area contributed by atoms with Gasteiger partial charge < -0.3 is 20.0 Å². The van der Waals surface area contributed by atoms with E-state index in [0.29, 0.717) is 24.3 Å². The summed E-state index contributed by atoms with van der Waals surface area (Å²) in [6.45, 7) is 3.89. The Kier molecular flexibility index (Phi) is 6.15. The molecule has 102 valence electrons. The zero-order chi connectivity index (χ0) is 14.1. The first-order chi connectivity index (χ1) is 9.19. The number of benzene rings is 1. The quantitative estimate of drug-likeness (QED) is 0.527. The van der Waals surface area contributed by atoms with Crippen molar-refractivity contribution in [2.24, 2.45) is 0 Å². The lowest BCUT2D eigenvalue weighted by molar-refractivity contribution is -0.138. The Morgan fingerprint density at radius 1 is 1.47 bits per heavy atom. The van der Waals surface area contributed by atoms with E-state index in [9.17, 15) is 9.59 Å². The molecule has 1 rings (SSSR count). The summed E-state index contributed by atoms with van der Waals surface area (Å²) in [6, 6.07) is 6.23. The SMILES string of the molecule is C=CCOc1ccccc1NC(CCC=O)C(=O)O. The maximum absolute atomic E-state index is 11.1. The van der Waals surface area contributed by atoms with E-state index in [4.69, 9.17) is 9.84 Å². The van der Waals surface area contributed by atoms with Crippen LogP contribution in [0.1, 0.15) is 12.8 Å². The highest BCUT2D eigenvalue weighted by molar-refractivity contribution is 5.78. The van der Waals surface area contributed by atoms with E-state index in [1.807, 2.05) is 0 Å². The number of carbonyl (C=O) groups is 2. The van der Waals surface area contributed by atoms with Crippen molar-refractivity contribution in [2.45, 2.75) is 18.9 Å². The Morgan fingerprint density at radius 3 is 2.84 bits per heavy atom. The number of rotatable bonds is 9. The summed E-state index contributed by atoms with van der Waals surface area (Å²) in [7, 11) is 0. The molecule has 5 nitrogen and oxygen atoms in total. The molecule has 1 aromatic carbocycles. The lowest BCUT2D eigenvalue weighted by Crippen LogP contribution is -2.29. The van der Waals surface area contributed by atoms with Crippen LogP contribution in [0.15, 0.2) is 36.9 Å². The van der Waals surface area contributed by atoms with E-state index in [1.165, 1.54) is 0 Å². The summed E-state index contributed by atoms with van der Waals surface area (Å²) in [6.07, 6.45) is 2.74. The molecule has 0 aliphatic heterocycles. The lowest BCUT2D eigenvalue weighted by atomic mass is 10.1. The minimum atomic E-state index is -1.000. The minimum absolute atomic E-state index is 0.194. The van der Waals surface area contributed by atoms with Crippen LogP contribution in [-0.4, -0.2) is 30.0 Å². The molecule has 0 heterocycles. The Morgan fingerprint density at radius 2 is 2.21 bits per heavy atom. The largest absolute Gasteiger partial charge is 0.487 e. The van der Waals surface area contributed by atoms with Crippen LogP contribution in [0, 0.1) is 0 Å². The maximum Gasteiger partial charge on any atom is 0.326 e. The number of carbonyl (C=O) groups excluding carboxylic acids is 1. The van der Waals surface area contributed by atoms with E-state index < -0.39 is 12.0 Å². The molecule has 1 aromatic rings. The summed E-state index contributed by atoms with van der Waals surface area (Å²) in [5.41, 5.74) is 0.586. The van der Waals surface area contributed by atoms with Gasteiger partial charge >= 0.3 is 5.97 Å². The van der Waals surface area contributed by atoms with Gasteiger partial charge in [0.1, 0.15) is 24.7 Å². The molecule has 0 radical (unpaired) electrons. The van der Waals surface area contributed by atoms with Crippen LogP contribution < -0.4 is 10.1 Å². The second kappa shape index (κ2) is 7.92. The van der Waals surface area contributed by atoms with Crippen molar-refractivity contribution in [2.75, 3.05) is 11.9 Å². The van der Waals surface area contributed by atoms with Crippen molar-refractivity contribution < 1.29 is 19.4 Å². The van der Waals surface area contributed by atoms with Crippen LogP contribution in [0.3, 0.4) is 0 Å². The summed E-state index contributed by atoms with van der Waals surface area (Å²) in [4.78, 5) is 21.4. The summed E-state index contributed by atoms with van der Waals surface area (Å²) >= 11 is 0. The number of aliphatic carboxylic acids is 1. The van der Waals surface area contributed by atoms with Gasteiger partial charge in [-0.15, -0.1) is 0 Å². The number of nitrogens with one attached hydrogen (secondary N) is 1. The second-order valence-electron chi connectivity index (χ2n) is 3.88. The highest BCUT2D eigenvalue weighted by Gasteiger charge is 2.18. The highest BCUT2D eigenvalue weighted by atomic mass is 16.5. The second-order valence-corrected chi connectivity index (χ2v) is 3.88. The molecule has 0 aromatic heterocycles. The van der Waals surface area contributed by atoms with Gasteiger partial charge in [0, 0.05) is 6.42 Å². The molecule has 1 unspecified atom stereocenters. The van der Waals surface area contributed by atoms with Crippen molar-refractivity contribution >= 4 is 17.9 Å². The van der Waals surface area contributed by atoms with Crippen LogP contribution >= 0.6 is 0 Å². The van der Waals surface area contributed by atoms with Crippen molar-refractivity contribution in [3.63, 3.8) is 0 Å². The summed E-state index contributed by atoms with van der Waals surface area (Å²) in [5.74, 6) is -0.444. The highest BCUT2D eigenvalue weighted by Crippen LogP contribution is 2.25. The van der Waals surface area contributed by atoms with E-state index in [-0.39, 0.29) is 12.8 Å². The maximum atomic E-state index is 11.1. The third-order valence-corrected chi connectivity index (χ3v) is 2.44. The minimum Gasteiger partial charge on any atom is -0.487 e. The molecule has 0 amide bonds. The topological polar surface area (TPSA) is 75.6 Å². The smallest absolute Gasteiger partial charge is 0.326 e. The first-order valence-electron chi connectivity index (χ1n) is 5.94. The van der Waals surface area contributed by atoms with E-state index in [2.05, 4.69) is 11.9 Å². The molecule has 0 bridgehead atoms. The standard InChI is InChI=1S/C14H17NO4/c1-2-10-19-13-8-4-3-6-11(13)15-12(14(17)18)7-5-9-16/h2-4,6,8-9,12,15H,1,5,7,10H2,(H,17,18). The van der Waals surface area contributed by atoms with Crippen LogP contribution in [0.25, 0.3) is 0 Å². The van der Waals surface area contributed by atoms with E-state index in [1.54, 1.807) is 30.3 Å². The van der Waals surface area contributed by atoms with Crippen molar-refractivity contribution in [1.82, 2.24) is 0 Å². The van der Waals surface area contributed by atoms with Crippen molar-refractivity contribution in [1.29, 1.82) is 0 Å². The average Bonchev–Trinajstić information content (AvgIpc) is 2.41. The van der Waals surface area contributed by atoms with Gasteiger partial charge in [-0.2, -0.15) is 0 Å². The predicted octanol–water partition coefficient (Wildman–Crippen LogP) is 2.10. The lowest BCUT2D eigenvalue weighted by Gasteiger charge is -2.17. The number of aldehydes is 1. The molecule has 1 atom stereocenters. The number of carboxylic acids is 1. The molecule has 5 heteroatoms.